The van der Waals surface area contributed by atoms with Gasteiger partial charge in [0.05, 0.1) is 5.60 Å². The second-order valence-corrected chi connectivity index (χ2v) is 5.98. The van der Waals surface area contributed by atoms with E-state index in [9.17, 15) is 0 Å². The van der Waals surface area contributed by atoms with E-state index >= 15 is 0 Å². The van der Waals surface area contributed by atoms with Gasteiger partial charge >= 0.3 is 0 Å². The van der Waals surface area contributed by atoms with Gasteiger partial charge in [-0.1, -0.05) is 0 Å². The summed E-state index contributed by atoms with van der Waals surface area (Å²) in [4.78, 5) is 4.57. The zero-order chi connectivity index (χ0) is 14.0. The fourth-order valence-corrected chi connectivity index (χ4v) is 2.88. The molecular formula is C14H21N5O. The van der Waals surface area contributed by atoms with Gasteiger partial charge in [0.2, 0.25) is 0 Å². The highest BCUT2D eigenvalue weighted by Crippen LogP contribution is 2.34. The summed E-state index contributed by atoms with van der Waals surface area (Å²) in [5, 5.41) is 7.65. The van der Waals surface area contributed by atoms with Crippen molar-refractivity contribution in [3.05, 3.63) is 30.9 Å². The van der Waals surface area contributed by atoms with Crippen molar-refractivity contribution >= 4 is 0 Å². The summed E-state index contributed by atoms with van der Waals surface area (Å²) in [5.41, 5.74) is -0.0477. The van der Waals surface area contributed by atoms with Gasteiger partial charge in [0.1, 0.15) is 18.5 Å². The van der Waals surface area contributed by atoms with E-state index in [0.29, 0.717) is 5.92 Å². The molecule has 6 nitrogen and oxygen atoms in total. The van der Waals surface area contributed by atoms with E-state index in [-0.39, 0.29) is 5.60 Å². The lowest BCUT2D eigenvalue weighted by Gasteiger charge is -2.35. The molecule has 3 heterocycles. The second-order valence-electron chi connectivity index (χ2n) is 5.98. The third-order valence-corrected chi connectivity index (χ3v) is 3.88. The Morgan fingerprint density at radius 3 is 2.85 bits per heavy atom. The summed E-state index contributed by atoms with van der Waals surface area (Å²) in [6, 6.07) is 0. The summed E-state index contributed by atoms with van der Waals surface area (Å²) in [6.45, 7) is 6.89. The Bertz CT molecular complexity index is 546. The first-order valence-corrected chi connectivity index (χ1v) is 7.11. The van der Waals surface area contributed by atoms with Crippen molar-refractivity contribution in [2.75, 3.05) is 6.61 Å². The van der Waals surface area contributed by atoms with Crippen LogP contribution in [0.15, 0.2) is 25.0 Å². The maximum absolute atomic E-state index is 5.79. The Morgan fingerprint density at radius 2 is 2.10 bits per heavy atom. The van der Waals surface area contributed by atoms with Crippen LogP contribution in [0.25, 0.3) is 0 Å². The molecule has 3 rings (SSSR count). The molecule has 0 spiro atoms. The zero-order valence-corrected chi connectivity index (χ0v) is 12.1. The Kier molecular flexibility index (Phi) is 3.56. The number of aryl methyl sites for hydroxylation is 2. The minimum Gasteiger partial charge on any atom is -0.376 e. The lowest BCUT2D eigenvalue weighted by molar-refractivity contribution is -0.0606. The van der Waals surface area contributed by atoms with Crippen molar-refractivity contribution in [1.29, 1.82) is 0 Å². The third-order valence-electron chi connectivity index (χ3n) is 3.88. The van der Waals surface area contributed by atoms with Crippen molar-refractivity contribution in [3.63, 3.8) is 0 Å². The van der Waals surface area contributed by atoms with Gasteiger partial charge in [-0.3, -0.25) is 0 Å². The number of ether oxygens (including phenoxy) is 1. The highest BCUT2D eigenvalue weighted by molar-refractivity contribution is 5.04. The molecule has 1 atom stereocenters. The van der Waals surface area contributed by atoms with E-state index in [2.05, 4.69) is 39.8 Å². The van der Waals surface area contributed by atoms with E-state index in [1.54, 1.807) is 12.7 Å². The molecule has 2 aromatic rings. The van der Waals surface area contributed by atoms with E-state index in [0.717, 1.165) is 32.5 Å². The van der Waals surface area contributed by atoms with Crippen LogP contribution in [-0.2, 0) is 17.8 Å². The van der Waals surface area contributed by atoms with Gasteiger partial charge < -0.3 is 13.9 Å². The van der Waals surface area contributed by atoms with Gasteiger partial charge in [-0.15, -0.1) is 10.2 Å². The Hall–Kier alpha value is -1.69. The molecule has 2 aromatic heterocycles. The number of nitrogens with zero attached hydrogens (tertiary/aromatic N) is 5. The maximum Gasteiger partial charge on any atom is 0.119 e. The highest BCUT2D eigenvalue weighted by Gasteiger charge is 2.31. The van der Waals surface area contributed by atoms with Gasteiger partial charge in [0.25, 0.3) is 0 Å². The summed E-state index contributed by atoms with van der Waals surface area (Å²) in [7, 11) is 0. The van der Waals surface area contributed by atoms with Crippen LogP contribution in [0.2, 0.25) is 0 Å². The number of hydrogen-bond donors (Lipinski definition) is 0. The highest BCUT2D eigenvalue weighted by atomic mass is 16.5. The monoisotopic (exact) mass is 275 g/mol. The Morgan fingerprint density at radius 1 is 1.30 bits per heavy atom. The summed E-state index contributed by atoms with van der Waals surface area (Å²) in [5.74, 6) is 1.66. The molecule has 0 radical (unpaired) electrons. The van der Waals surface area contributed by atoms with Crippen molar-refractivity contribution < 1.29 is 4.74 Å². The number of aromatic nitrogens is 5. The Balaban J connectivity index is 1.69. The number of imidazole rings is 1. The molecule has 1 saturated heterocycles. The zero-order valence-electron chi connectivity index (χ0n) is 12.1. The standard InChI is InChI=1S/C14H21N5O/c1-14(2)9-12(3-8-20-14)13-15-4-5-19(13)7-6-18-10-16-17-11-18/h4-5,10-12H,3,6-9H2,1-2H3/t12-/m1/s1. The predicted octanol–water partition coefficient (Wildman–Crippen LogP) is 1.85. The van der Waals surface area contributed by atoms with Crippen LogP contribution in [0.3, 0.4) is 0 Å². The summed E-state index contributed by atoms with van der Waals surface area (Å²) < 4.78 is 10.0. The molecule has 0 unspecified atom stereocenters. The van der Waals surface area contributed by atoms with Crippen LogP contribution >= 0.6 is 0 Å². The minimum absolute atomic E-state index is 0.0477. The van der Waals surface area contributed by atoms with E-state index in [1.165, 1.54) is 5.82 Å². The molecule has 0 aliphatic carbocycles. The molecule has 0 N–H and O–H groups in total. The molecule has 1 aliphatic heterocycles. The molecule has 6 heteroatoms. The van der Waals surface area contributed by atoms with Gasteiger partial charge in [-0.05, 0) is 26.7 Å². The topological polar surface area (TPSA) is 57.8 Å². The number of rotatable bonds is 4. The molecule has 20 heavy (non-hydrogen) atoms. The summed E-state index contributed by atoms with van der Waals surface area (Å²) >= 11 is 0. The van der Waals surface area contributed by atoms with E-state index < -0.39 is 0 Å². The largest absolute Gasteiger partial charge is 0.376 e. The van der Waals surface area contributed by atoms with Crippen molar-refractivity contribution in [1.82, 2.24) is 24.3 Å². The fourth-order valence-electron chi connectivity index (χ4n) is 2.88. The SMILES string of the molecule is CC1(C)C[C@H](c2nccn2CCn2cnnc2)CCO1. The van der Waals surface area contributed by atoms with Crippen molar-refractivity contribution in [2.24, 2.45) is 0 Å². The van der Waals surface area contributed by atoms with Gasteiger partial charge in [-0.25, -0.2) is 4.98 Å². The normalized spacial score (nSPS) is 22.0. The molecule has 1 fully saturated rings. The lowest BCUT2D eigenvalue weighted by Crippen LogP contribution is -2.34. The fraction of sp³-hybridized carbons (Fsp3) is 0.643. The van der Waals surface area contributed by atoms with Gasteiger partial charge in [-0.2, -0.15) is 0 Å². The molecular weight excluding hydrogens is 254 g/mol. The van der Waals surface area contributed by atoms with Crippen LogP contribution in [0.4, 0.5) is 0 Å². The Labute approximate surface area is 118 Å². The molecule has 0 aromatic carbocycles. The van der Waals surface area contributed by atoms with Gasteiger partial charge in [0, 0.05) is 38.0 Å². The van der Waals surface area contributed by atoms with Crippen LogP contribution in [0, 0.1) is 0 Å². The van der Waals surface area contributed by atoms with E-state index in [1.807, 2.05) is 10.8 Å². The molecule has 0 saturated carbocycles. The van der Waals surface area contributed by atoms with Gasteiger partial charge in [0.15, 0.2) is 0 Å². The lowest BCUT2D eigenvalue weighted by atomic mass is 9.88. The average Bonchev–Trinajstić information content (AvgIpc) is 3.06. The second kappa shape index (κ2) is 5.36. The minimum atomic E-state index is -0.0477. The first-order valence-electron chi connectivity index (χ1n) is 7.11. The maximum atomic E-state index is 5.79. The van der Waals surface area contributed by atoms with Crippen molar-refractivity contribution in [3.8, 4) is 0 Å². The first-order chi connectivity index (χ1) is 9.64. The predicted molar refractivity (Wildman–Crippen MR) is 74.3 cm³/mol. The molecule has 0 amide bonds. The molecule has 0 bridgehead atoms. The first kappa shape index (κ1) is 13.3. The quantitative estimate of drug-likeness (QED) is 0.854. The third kappa shape index (κ3) is 2.90. The van der Waals surface area contributed by atoms with Crippen LogP contribution in [0.1, 0.15) is 38.4 Å². The summed E-state index contributed by atoms with van der Waals surface area (Å²) in [6.07, 6.45) is 9.51. The average molecular weight is 275 g/mol. The van der Waals surface area contributed by atoms with Crippen LogP contribution < -0.4 is 0 Å². The van der Waals surface area contributed by atoms with Crippen LogP contribution in [-0.4, -0.2) is 36.5 Å². The van der Waals surface area contributed by atoms with Crippen molar-refractivity contribution in [2.45, 2.75) is 51.3 Å². The molecule has 108 valence electrons. The molecule has 1 aliphatic rings. The van der Waals surface area contributed by atoms with Crippen LogP contribution in [0.5, 0.6) is 0 Å². The number of hydrogen-bond acceptors (Lipinski definition) is 4. The van der Waals surface area contributed by atoms with E-state index in [4.69, 9.17) is 4.74 Å². The smallest absolute Gasteiger partial charge is 0.119 e.